The first-order valence-corrected chi connectivity index (χ1v) is 6.11. The Morgan fingerprint density at radius 1 is 1.58 bits per heavy atom. The summed E-state index contributed by atoms with van der Waals surface area (Å²) in [6.07, 6.45) is 2.52. The molecule has 1 aromatic heterocycles. The molecule has 0 N–H and O–H groups in total. The zero-order valence-electron chi connectivity index (χ0n) is 10.7. The maximum absolute atomic E-state index is 12.1. The molecular weight excluding hydrogens is 252 g/mol. The summed E-state index contributed by atoms with van der Waals surface area (Å²) in [6, 6.07) is 0. The fraction of sp³-hybridized carbons (Fsp3) is 0.636. The van der Waals surface area contributed by atoms with Crippen LogP contribution in [-0.2, 0) is 16.1 Å². The average molecular weight is 268 g/mol. The van der Waals surface area contributed by atoms with Gasteiger partial charge in [0.25, 0.3) is 0 Å². The summed E-state index contributed by atoms with van der Waals surface area (Å²) in [6.45, 7) is 4.46. The number of carbonyl (C=O) groups excluding carboxylic acids is 1. The molecule has 1 saturated heterocycles. The minimum atomic E-state index is -0.502. The van der Waals surface area contributed by atoms with Gasteiger partial charge in [-0.05, 0) is 0 Å². The Hall–Kier alpha value is -1.96. The quantitative estimate of drug-likeness (QED) is 0.578. The molecule has 0 spiro atoms. The van der Waals surface area contributed by atoms with Crippen molar-refractivity contribution in [2.45, 2.75) is 13.5 Å². The highest BCUT2D eigenvalue weighted by Crippen LogP contribution is 2.12. The van der Waals surface area contributed by atoms with Crippen LogP contribution >= 0.6 is 0 Å². The van der Waals surface area contributed by atoms with E-state index in [9.17, 15) is 14.9 Å². The van der Waals surface area contributed by atoms with Crippen LogP contribution in [0.25, 0.3) is 0 Å². The van der Waals surface area contributed by atoms with E-state index in [-0.39, 0.29) is 17.5 Å². The number of rotatable bonds is 4. The van der Waals surface area contributed by atoms with Crippen molar-refractivity contribution in [3.63, 3.8) is 0 Å². The maximum atomic E-state index is 12.1. The van der Waals surface area contributed by atoms with Crippen LogP contribution in [0.4, 0.5) is 5.69 Å². The molecular formula is C11H16N4O4. The number of morpholine rings is 1. The highest BCUT2D eigenvalue weighted by Gasteiger charge is 2.23. The van der Waals surface area contributed by atoms with Crippen molar-refractivity contribution < 1.29 is 14.5 Å². The van der Waals surface area contributed by atoms with E-state index in [1.165, 1.54) is 17.1 Å². The third-order valence-corrected chi connectivity index (χ3v) is 3.04. The van der Waals surface area contributed by atoms with E-state index in [0.717, 1.165) is 0 Å². The van der Waals surface area contributed by atoms with Gasteiger partial charge >= 0.3 is 5.69 Å². The van der Waals surface area contributed by atoms with Gasteiger partial charge in [-0.3, -0.25) is 19.6 Å². The largest absolute Gasteiger partial charge is 0.378 e. The third kappa shape index (κ3) is 3.28. The molecule has 1 unspecified atom stereocenters. The summed E-state index contributed by atoms with van der Waals surface area (Å²) < 4.78 is 6.62. The molecule has 1 atom stereocenters. The Labute approximate surface area is 110 Å². The van der Waals surface area contributed by atoms with E-state index < -0.39 is 4.92 Å². The number of amides is 1. The molecule has 0 radical (unpaired) electrons. The van der Waals surface area contributed by atoms with E-state index in [1.807, 2.05) is 0 Å². The van der Waals surface area contributed by atoms with E-state index >= 15 is 0 Å². The highest BCUT2D eigenvalue weighted by molar-refractivity contribution is 5.78. The molecule has 8 heteroatoms. The number of hydrogen-bond donors (Lipinski definition) is 0. The minimum Gasteiger partial charge on any atom is -0.378 e. The van der Waals surface area contributed by atoms with Crippen LogP contribution in [0.3, 0.4) is 0 Å². The first kappa shape index (κ1) is 13.5. The van der Waals surface area contributed by atoms with Gasteiger partial charge in [-0.2, -0.15) is 5.10 Å². The lowest BCUT2D eigenvalue weighted by molar-refractivity contribution is -0.385. The summed E-state index contributed by atoms with van der Waals surface area (Å²) in [5.74, 6) is -0.237. The van der Waals surface area contributed by atoms with Gasteiger partial charge in [0.1, 0.15) is 12.4 Å². The minimum absolute atomic E-state index is 0.0291. The molecule has 8 nitrogen and oxygen atoms in total. The van der Waals surface area contributed by atoms with Crippen molar-refractivity contribution in [1.82, 2.24) is 14.7 Å². The lowest BCUT2D eigenvalue weighted by Gasteiger charge is -2.29. The molecule has 1 amide bonds. The number of aromatic nitrogens is 2. The van der Waals surface area contributed by atoms with Gasteiger partial charge in [0, 0.05) is 13.1 Å². The van der Waals surface area contributed by atoms with Gasteiger partial charge in [-0.15, -0.1) is 0 Å². The van der Waals surface area contributed by atoms with Crippen molar-refractivity contribution in [3.05, 3.63) is 22.5 Å². The van der Waals surface area contributed by atoms with Gasteiger partial charge in [0.05, 0.1) is 30.6 Å². The smallest absolute Gasteiger partial charge is 0.306 e. The SMILES string of the molecule is CC(Cn1cc([N+](=O)[O-])cn1)C(=O)N1CCOCC1. The lowest BCUT2D eigenvalue weighted by atomic mass is 10.1. The Morgan fingerprint density at radius 3 is 2.84 bits per heavy atom. The van der Waals surface area contributed by atoms with Crippen molar-refractivity contribution in [2.75, 3.05) is 26.3 Å². The summed E-state index contributed by atoms with van der Waals surface area (Å²) in [4.78, 5) is 23.9. The van der Waals surface area contributed by atoms with E-state index in [4.69, 9.17) is 4.74 Å². The Bertz CT molecular complexity index is 467. The third-order valence-electron chi connectivity index (χ3n) is 3.04. The molecule has 104 valence electrons. The number of nitro groups is 1. The van der Waals surface area contributed by atoms with Gasteiger partial charge in [0.15, 0.2) is 0 Å². The molecule has 1 fully saturated rings. The summed E-state index contributed by atoms with van der Waals surface area (Å²) in [5, 5.41) is 14.4. The fourth-order valence-corrected chi connectivity index (χ4v) is 2.00. The van der Waals surface area contributed by atoms with Crippen molar-refractivity contribution >= 4 is 11.6 Å². The standard InChI is InChI=1S/C11H16N4O4/c1-9(11(16)13-2-4-19-5-3-13)7-14-8-10(6-12-14)15(17)18/h6,8-9H,2-5,7H2,1H3. The van der Waals surface area contributed by atoms with Gasteiger partial charge < -0.3 is 9.64 Å². The second-order valence-corrected chi connectivity index (χ2v) is 4.52. The van der Waals surface area contributed by atoms with Crippen molar-refractivity contribution in [1.29, 1.82) is 0 Å². The molecule has 0 saturated carbocycles. The van der Waals surface area contributed by atoms with Crippen LogP contribution in [0.2, 0.25) is 0 Å². The highest BCUT2D eigenvalue weighted by atomic mass is 16.6. The topological polar surface area (TPSA) is 90.5 Å². The molecule has 1 aliphatic rings. The molecule has 1 aromatic rings. The van der Waals surface area contributed by atoms with Crippen LogP contribution in [-0.4, -0.2) is 51.8 Å². The van der Waals surface area contributed by atoms with E-state index in [2.05, 4.69) is 5.10 Å². The van der Waals surface area contributed by atoms with Crippen LogP contribution in [0, 0.1) is 16.0 Å². The first-order chi connectivity index (χ1) is 9.08. The lowest BCUT2D eigenvalue weighted by Crippen LogP contribution is -2.44. The van der Waals surface area contributed by atoms with E-state index in [0.29, 0.717) is 32.8 Å². The van der Waals surface area contributed by atoms with Crippen LogP contribution in [0.1, 0.15) is 6.92 Å². The van der Waals surface area contributed by atoms with Gasteiger partial charge in [0.2, 0.25) is 5.91 Å². The van der Waals surface area contributed by atoms with Gasteiger partial charge in [-0.1, -0.05) is 6.92 Å². The predicted octanol–water partition coefficient (Wildman–Crippen LogP) is 0.286. The van der Waals surface area contributed by atoms with Crippen molar-refractivity contribution in [3.8, 4) is 0 Å². The average Bonchev–Trinajstić information content (AvgIpc) is 2.87. The molecule has 19 heavy (non-hydrogen) atoms. The molecule has 0 aliphatic carbocycles. The van der Waals surface area contributed by atoms with Crippen LogP contribution < -0.4 is 0 Å². The normalized spacial score (nSPS) is 17.2. The Balaban J connectivity index is 1.93. The van der Waals surface area contributed by atoms with Crippen molar-refractivity contribution in [2.24, 2.45) is 5.92 Å². The second kappa shape index (κ2) is 5.79. The zero-order valence-corrected chi connectivity index (χ0v) is 10.7. The molecule has 0 aromatic carbocycles. The summed E-state index contributed by atoms with van der Waals surface area (Å²) >= 11 is 0. The molecule has 2 heterocycles. The maximum Gasteiger partial charge on any atom is 0.306 e. The van der Waals surface area contributed by atoms with Crippen LogP contribution in [0.15, 0.2) is 12.4 Å². The number of nitrogens with zero attached hydrogens (tertiary/aromatic N) is 4. The fourth-order valence-electron chi connectivity index (χ4n) is 2.00. The van der Waals surface area contributed by atoms with E-state index in [1.54, 1.807) is 11.8 Å². The zero-order chi connectivity index (χ0) is 13.8. The monoisotopic (exact) mass is 268 g/mol. The number of ether oxygens (including phenoxy) is 1. The predicted molar refractivity (Wildman–Crippen MR) is 65.4 cm³/mol. The summed E-state index contributed by atoms with van der Waals surface area (Å²) in [7, 11) is 0. The molecule has 2 rings (SSSR count). The first-order valence-electron chi connectivity index (χ1n) is 6.11. The summed E-state index contributed by atoms with van der Waals surface area (Å²) in [5.41, 5.74) is -0.0639. The Kier molecular flexibility index (Phi) is 4.10. The van der Waals surface area contributed by atoms with Gasteiger partial charge in [-0.25, -0.2) is 0 Å². The number of hydrogen-bond acceptors (Lipinski definition) is 5. The molecule has 1 aliphatic heterocycles. The molecule has 0 bridgehead atoms. The Morgan fingerprint density at radius 2 is 2.26 bits per heavy atom. The number of carbonyl (C=O) groups is 1. The second-order valence-electron chi connectivity index (χ2n) is 4.52. The van der Waals surface area contributed by atoms with Crippen LogP contribution in [0.5, 0.6) is 0 Å².